The van der Waals surface area contributed by atoms with Gasteiger partial charge in [-0.25, -0.2) is 0 Å². The van der Waals surface area contributed by atoms with E-state index in [0.29, 0.717) is 12.1 Å². The fourth-order valence-corrected chi connectivity index (χ4v) is 6.19. The van der Waals surface area contributed by atoms with Crippen molar-refractivity contribution in [3.63, 3.8) is 0 Å². The lowest BCUT2D eigenvalue weighted by atomic mass is 9.95. The molecule has 0 atom stereocenters. The molecular formula is C14H24ClN2P. The van der Waals surface area contributed by atoms with Gasteiger partial charge in [-0.05, 0) is 36.9 Å². The van der Waals surface area contributed by atoms with E-state index < -0.39 is 7.58 Å². The highest BCUT2D eigenvalue weighted by molar-refractivity contribution is 7.80. The van der Waals surface area contributed by atoms with Crippen molar-refractivity contribution >= 4 is 18.8 Å². The van der Waals surface area contributed by atoms with Crippen LogP contribution in [0.25, 0.3) is 0 Å². The minimum Gasteiger partial charge on any atom is -0.324 e. The van der Waals surface area contributed by atoms with Crippen LogP contribution >= 0.6 is 18.8 Å². The van der Waals surface area contributed by atoms with Gasteiger partial charge in [0.05, 0.1) is 0 Å². The van der Waals surface area contributed by atoms with Gasteiger partial charge in [0.25, 0.3) is 0 Å². The van der Waals surface area contributed by atoms with Crippen LogP contribution in [0, 0.1) is 0 Å². The molecule has 18 heavy (non-hydrogen) atoms. The average molecular weight is 287 g/mol. The molecule has 2 saturated carbocycles. The first kappa shape index (κ1) is 13.1. The number of hydrogen-bond donors (Lipinski definition) is 0. The second-order valence-corrected chi connectivity index (χ2v) is 8.19. The molecule has 1 heterocycles. The Morgan fingerprint density at radius 3 is 1.50 bits per heavy atom. The molecule has 0 aromatic rings. The molecule has 0 amide bonds. The van der Waals surface area contributed by atoms with Crippen LogP contribution in [0.3, 0.4) is 0 Å². The maximum Gasteiger partial charge on any atom is 0.197 e. The monoisotopic (exact) mass is 286 g/mol. The summed E-state index contributed by atoms with van der Waals surface area (Å²) in [7, 11) is -0.610. The molecule has 0 aromatic carbocycles. The highest BCUT2D eigenvalue weighted by Crippen LogP contribution is 2.58. The Morgan fingerprint density at radius 2 is 1.11 bits per heavy atom. The molecule has 102 valence electrons. The third kappa shape index (κ3) is 2.65. The summed E-state index contributed by atoms with van der Waals surface area (Å²) in [6.07, 6.45) is 18.3. The first-order valence-electron chi connectivity index (χ1n) is 7.57. The third-order valence-corrected chi connectivity index (χ3v) is 7.38. The van der Waals surface area contributed by atoms with E-state index in [1.807, 2.05) is 0 Å². The molecule has 3 aliphatic rings. The Hall–Kier alpha value is 0.0600. The van der Waals surface area contributed by atoms with Crippen LogP contribution in [0.5, 0.6) is 0 Å². The van der Waals surface area contributed by atoms with Crippen molar-refractivity contribution in [1.82, 2.24) is 9.34 Å². The predicted molar refractivity (Wildman–Crippen MR) is 79.3 cm³/mol. The molecule has 0 saturated heterocycles. The lowest BCUT2D eigenvalue weighted by Crippen LogP contribution is -2.31. The van der Waals surface area contributed by atoms with E-state index in [9.17, 15) is 0 Å². The molecule has 4 heteroatoms. The van der Waals surface area contributed by atoms with Gasteiger partial charge in [0.1, 0.15) is 0 Å². The van der Waals surface area contributed by atoms with Gasteiger partial charge in [0.15, 0.2) is 7.58 Å². The predicted octanol–water partition coefficient (Wildman–Crippen LogP) is 5.21. The summed E-state index contributed by atoms with van der Waals surface area (Å²) in [6, 6.07) is 1.43. The number of hydrogen-bond acceptors (Lipinski definition) is 2. The van der Waals surface area contributed by atoms with Gasteiger partial charge in [-0.1, -0.05) is 38.5 Å². The summed E-state index contributed by atoms with van der Waals surface area (Å²) in [4.78, 5) is 0. The van der Waals surface area contributed by atoms with Crippen LogP contribution in [-0.4, -0.2) is 21.4 Å². The van der Waals surface area contributed by atoms with Crippen LogP contribution in [0.4, 0.5) is 0 Å². The minimum absolute atomic E-state index is 0.610. The highest BCUT2D eigenvalue weighted by Gasteiger charge is 2.35. The lowest BCUT2D eigenvalue weighted by molar-refractivity contribution is 0.303. The summed E-state index contributed by atoms with van der Waals surface area (Å²) in [5, 5.41) is 0. The minimum atomic E-state index is -0.610. The van der Waals surface area contributed by atoms with E-state index in [-0.39, 0.29) is 0 Å². The van der Waals surface area contributed by atoms with Gasteiger partial charge < -0.3 is 9.34 Å². The second-order valence-electron chi connectivity index (χ2n) is 5.88. The molecular weight excluding hydrogens is 263 g/mol. The maximum atomic E-state index is 6.77. The molecule has 0 spiro atoms. The quantitative estimate of drug-likeness (QED) is 0.643. The van der Waals surface area contributed by atoms with E-state index in [2.05, 4.69) is 21.7 Å². The van der Waals surface area contributed by atoms with Gasteiger partial charge in [-0.2, -0.15) is 0 Å². The fraction of sp³-hybridized carbons (Fsp3) is 0.857. The second kappa shape index (κ2) is 6.01. The Bertz CT molecular complexity index is 270. The zero-order valence-corrected chi connectivity index (χ0v) is 12.8. The standard InChI is InChI=1S/C14H24ClN2P/c15-18-16(13-7-3-1-4-8-13)11-12-17(18)14-9-5-2-6-10-14/h11-14H,1-10H2. The van der Waals surface area contributed by atoms with Gasteiger partial charge in [-0.3, -0.25) is 0 Å². The average Bonchev–Trinajstić information content (AvgIpc) is 2.83. The molecule has 0 aromatic heterocycles. The van der Waals surface area contributed by atoms with E-state index in [4.69, 9.17) is 11.2 Å². The van der Waals surface area contributed by atoms with Crippen molar-refractivity contribution in [2.75, 3.05) is 0 Å². The molecule has 3 rings (SSSR count). The first-order valence-corrected chi connectivity index (χ1v) is 9.72. The van der Waals surface area contributed by atoms with E-state index in [1.165, 1.54) is 64.2 Å². The molecule has 0 radical (unpaired) electrons. The normalized spacial score (nSPS) is 28.3. The van der Waals surface area contributed by atoms with Crippen molar-refractivity contribution in [2.24, 2.45) is 0 Å². The molecule has 2 fully saturated rings. The molecule has 2 aliphatic carbocycles. The molecule has 0 N–H and O–H groups in total. The Labute approximate surface area is 117 Å². The fourth-order valence-electron chi connectivity index (χ4n) is 3.57. The topological polar surface area (TPSA) is 6.48 Å². The summed E-state index contributed by atoms with van der Waals surface area (Å²) in [5.74, 6) is 0. The summed E-state index contributed by atoms with van der Waals surface area (Å²) < 4.78 is 4.95. The van der Waals surface area contributed by atoms with Crippen LogP contribution < -0.4 is 0 Å². The summed E-state index contributed by atoms with van der Waals surface area (Å²) in [5.41, 5.74) is 0. The molecule has 2 nitrogen and oxygen atoms in total. The number of rotatable bonds is 2. The van der Waals surface area contributed by atoms with Crippen LogP contribution in [0.2, 0.25) is 0 Å². The SMILES string of the molecule is ClP1N(C2CCCCC2)C=CN1C1CCCCC1. The smallest absolute Gasteiger partial charge is 0.197 e. The van der Waals surface area contributed by atoms with Crippen molar-refractivity contribution in [2.45, 2.75) is 76.3 Å². The lowest BCUT2D eigenvalue weighted by Gasteiger charge is -2.38. The highest BCUT2D eigenvalue weighted by atomic mass is 35.7. The molecule has 0 bridgehead atoms. The van der Waals surface area contributed by atoms with E-state index >= 15 is 0 Å². The van der Waals surface area contributed by atoms with Crippen LogP contribution in [0.1, 0.15) is 64.2 Å². The number of nitrogens with zero attached hydrogens (tertiary/aromatic N) is 2. The Balaban J connectivity index is 1.61. The maximum absolute atomic E-state index is 6.77. The van der Waals surface area contributed by atoms with Crippen LogP contribution in [-0.2, 0) is 0 Å². The third-order valence-electron chi connectivity index (χ3n) is 4.65. The van der Waals surface area contributed by atoms with Crippen molar-refractivity contribution in [3.8, 4) is 0 Å². The van der Waals surface area contributed by atoms with Crippen molar-refractivity contribution < 1.29 is 0 Å². The first-order chi connectivity index (χ1) is 8.86. The zero-order valence-electron chi connectivity index (χ0n) is 11.1. The van der Waals surface area contributed by atoms with E-state index in [1.54, 1.807) is 0 Å². The van der Waals surface area contributed by atoms with Crippen LogP contribution in [0.15, 0.2) is 12.4 Å². The van der Waals surface area contributed by atoms with Crippen molar-refractivity contribution in [3.05, 3.63) is 12.4 Å². The van der Waals surface area contributed by atoms with Gasteiger partial charge >= 0.3 is 0 Å². The molecule has 1 aliphatic heterocycles. The van der Waals surface area contributed by atoms with Gasteiger partial charge in [0, 0.05) is 24.5 Å². The summed E-state index contributed by atoms with van der Waals surface area (Å²) >= 11 is 6.77. The van der Waals surface area contributed by atoms with Gasteiger partial charge in [-0.15, -0.1) is 0 Å². The Morgan fingerprint density at radius 1 is 0.722 bits per heavy atom. The van der Waals surface area contributed by atoms with Gasteiger partial charge in [0.2, 0.25) is 0 Å². The Kier molecular flexibility index (Phi) is 4.36. The van der Waals surface area contributed by atoms with Crippen molar-refractivity contribution in [1.29, 1.82) is 0 Å². The van der Waals surface area contributed by atoms with E-state index in [0.717, 1.165) is 0 Å². The zero-order chi connectivity index (χ0) is 12.4. The largest absolute Gasteiger partial charge is 0.324 e. The molecule has 0 unspecified atom stereocenters. The summed E-state index contributed by atoms with van der Waals surface area (Å²) in [6.45, 7) is 0. The number of halogens is 1.